The van der Waals surface area contributed by atoms with Gasteiger partial charge in [-0.25, -0.2) is 0 Å². The number of benzene rings is 1. The van der Waals surface area contributed by atoms with Crippen molar-refractivity contribution >= 4 is 0 Å². The summed E-state index contributed by atoms with van der Waals surface area (Å²) in [4.78, 5) is 0. The monoisotopic (exact) mass is 205 g/mol. The van der Waals surface area contributed by atoms with Crippen LogP contribution in [0.4, 0.5) is 13.2 Å². The van der Waals surface area contributed by atoms with E-state index in [0.717, 1.165) is 6.07 Å². The number of methoxy groups -OCH3 is 1. The first-order chi connectivity index (χ1) is 6.42. The van der Waals surface area contributed by atoms with Crippen molar-refractivity contribution in [2.75, 3.05) is 7.11 Å². The maximum atomic E-state index is 11.9. The van der Waals surface area contributed by atoms with E-state index in [4.69, 9.17) is 4.74 Å². The number of hydrogen-bond donors (Lipinski definition) is 0. The van der Waals surface area contributed by atoms with Gasteiger partial charge in [0.05, 0.1) is 7.11 Å². The van der Waals surface area contributed by atoms with Crippen molar-refractivity contribution in [1.82, 2.24) is 0 Å². The van der Waals surface area contributed by atoms with Crippen molar-refractivity contribution in [1.29, 1.82) is 0 Å². The van der Waals surface area contributed by atoms with Crippen molar-refractivity contribution in [2.45, 2.75) is 6.36 Å². The van der Waals surface area contributed by atoms with Gasteiger partial charge in [-0.15, -0.1) is 13.2 Å². The average Bonchev–Trinajstić information content (AvgIpc) is 2.06. The lowest BCUT2D eigenvalue weighted by Gasteiger charge is -2.12. The van der Waals surface area contributed by atoms with Gasteiger partial charge in [0.1, 0.15) is 0 Å². The SMILES string of the molecule is [CH2]c1ccc(OC(F)(F)F)c(OC)c1. The lowest BCUT2D eigenvalue weighted by atomic mass is 10.2. The van der Waals surface area contributed by atoms with E-state index in [1.54, 1.807) is 0 Å². The third-order valence-electron chi connectivity index (χ3n) is 1.45. The van der Waals surface area contributed by atoms with Gasteiger partial charge in [0.15, 0.2) is 11.5 Å². The van der Waals surface area contributed by atoms with Crippen LogP contribution in [-0.4, -0.2) is 13.5 Å². The van der Waals surface area contributed by atoms with Gasteiger partial charge < -0.3 is 9.47 Å². The Hall–Kier alpha value is -1.39. The molecule has 0 heterocycles. The highest BCUT2D eigenvalue weighted by Crippen LogP contribution is 2.32. The molecule has 0 atom stereocenters. The first-order valence-corrected chi connectivity index (χ1v) is 3.68. The van der Waals surface area contributed by atoms with Gasteiger partial charge >= 0.3 is 6.36 Å². The summed E-state index contributed by atoms with van der Waals surface area (Å²) in [5.74, 6) is -0.359. The van der Waals surface area contributed by atoms with E-state index in [1.165, 1.54) is 19.2 Å². The molecule has 0 saturated heterocycles. The number of ether oxygens (including phenoxy) is 2. The topological polar surface area (TPSA) is 18.5 Å². The molecule has 1 aromatic rings. The lowest BCUT2D eigenvalue weighted by Crippen LogP contribution is -2.17. The minimum absolute atomic E-state index is 0.00910. The van der Waals surface area contributed by atoms with Crippen LogP contribution in [-0.2, 0) is 0 Å². The van der Waals surface area contributed by atoms with Crippen LogP contribution in [0.1, 0.15) is 5.56 Å². The van der Waals surface area contributed by atoms with Crippen LogP contribution in [0.15, 0.2) is 18.2 Å². The molecule has 0 bridgehead atoms. The van der Waals surface area contributed by atoms with E-state index in [2.05, 4.69) is 11.7 Å². The largest absolute Gasteiger partial charge is 0.573 e. The normalized spacial score (nSPS) is 11.2. The summed E-state index contributed by atoms with van der Waals surface area (Å²) in [6.07, 6.45) is -4.71. The Morgan fingerprint density at radius 2 is 1.86 bits per heavy atom. The van der Waals surface area contributed by atoms with Gasteiger partial charge in [0, 0.05) is 0 Å². The summed E-state index contributed by atoms with van der Waals surface area (Å²) < 4.78 is 44.0. The molecule has 1 radical (unpaired) electrons. The highest BCUT2D eigenvalue weighted by molar-refractivity contribution is 5.43. The van der Waals surface area contributed by atoms with Gasteiger partial charge in [0.2, 0.25) is 0 Å². The van der Waals surface area contributed by atoms with Gasteiger partial charge in [-0.2, -0.15) is 0 Å². The molecule has 0 fully saturated rings. The molecule has 0 N–H and O–H groups in total. The minimum atomic E-state index is -4.71. The Balaban J connectivity index is 2.97. The quantitative estimate of drug-likeness (QED) is 0.739. The van der Waals surface area contributed by atoms with Crippen molar-refractivity contribution in [2.24, 2.45) is 0 Å². The minimum Gasteiger partial charge on any atom is -0.493 e. The fourth-order valence-corrected chi connectivity index (χ4v) is 0.921. The second-order valence-electron chi connectivity index (χ2n) is 2.53. The molecule has 77 valence electrons. The second-order valence-corrected chi connectivity index (χ2v) is 2.53. The molecule has 0 aliphatic rings. The molecular weight excluding hydrogens is 197 g/mol. The van der Waals surface area contributed by atoms with E-state index >= 15 is 0 Å². The molecule has 0 amide bonds. The molecule has 2 nitrogen and oxygen atoms in total. The van der Waals surface area contributed by atoms with Crippen molar-refractivity contribution in [3.05, 3.63) is 30.7 Å². The molecule has 0 spiro atoms. The molecule has 0 aliphatic carbocycles. The van der Waals surface area contributed by atoms with E-state index in [0.29, 0.717) is 5.56 Å². The smallest absolute Gasteiger partial charge is 0.493 e. The van der Waals surface area contributed by atoms with Crippen molar-refractivity contribution in [3.8, 4) is 11.5 Å². The second kappa shape index (κ2) is 3.77. The summed E-state index contributed by atoms with van der Waals surface area (Å²) >= 11 is 0. The Kier molecular flexibility index (Phi) is 2.88. The van der Waals surface area contributed by atoms with Gasteiger partial charge in [-0.3, -0.25) is 0 Å². The summed E-state index contributed by atoms with van der Waals surface area (Å²) in [5, 5.41) is 0. The predicted molar refractivity (Wildman–Crippen MR) is 44.1 cm³/mol. The summed E-state index contributed by atoms with van der Waals surface area (Å²) in [6, 6.07) is 3.93. The molecule has 5 heteroatoms. The fraction of sp³-hybridized carbons (Fsp3) is 0.222. The van der Waals surface area contributed by atoms with E-state index in [9.17, 15) is 13.2 Å². The molecule has 0 aromatic heterocycles. The van der Waals surface area contributed by atoms with Crippen LogP contribution >= 0.6 is 0 Å². The van der Waals surface area contributed by atoms with Crippen molar-refractivity contribution < 1.29 is 22.6 Å². The molecular formula is C9H8F3O2. The van der Waals surface area contributed by atoms with Crippen LogP contribution in [0.2, 0.25) is 0 Å². The van der Waals surface area contributed by atoms with Crippen LogP contribution < -0.4 is 9.47 Å². The Morgan fingerprint density at radius 3 is 2.36 bits per heavy atom. The van der Waals surface area contributed by atoms with Crippen LogP contribution in [0, 0.1) is 6.92 Å². The summed E-state index contributed by atoms with van der Waals surface area (Å²) in [7, 11) is 1.26. The zero-order chi connectivity index (χ0) is 10.8. The standard InChI is InChI=1S/C9H8F3O2/c1-6-3-4-7(8(5-6)13-2)14-9(10,11)12/h3-5H,1H2,2H3. The summed E-state index contributed by atoms with van der Waals surface area (Å²) in [5.41, 5.74) is 0.552. The average molecular weight is 205 g/mol. The van der Waals surface area contributed by atoms with Crippen LogP contribution in [0.25, 0.3) is 0 Å². The van der Waals surface area contributed by atoms with Crippen molar-refractivity contribution in [3.63, 3.8) is 0 Å². The third kappa shape index (κ3) is 2.83. The van der Waals surface area contributed by atoms with E-state index < -0.39 is 6.36 Å². The van der Waals surface area contributed by atoms with E-state index in [1.807, 2.05) is 0 Å². The Morgan fingerprint density at radius 1 is 1.21 bits per heavy atom. The van der Waals surface area contributed by atoms with Crippen LogP contribution in [0.3, 0.4) is 0 Å². The molecule has 0 aliphatic heterocycles. The van der Waals surface area contributed by atoms with Gasteiger partial charge in [-0.1, -0.05) is 6.07 Å². The molecule has 0 saturated carbocycles. The first kappa shape index (κ1) is 10.7. The number of hydrogen-bond acceptors (Lipinski definition) is 2. The number of rotatable bonds is 2. The molecule has 1 rings (SSSR count). The van der Waals surface area contributed by atoms with Crippen LogP contribution in [0.5, 0.6) is 11.5 Å². The predicted octanol–water partition coefficient (Wildman–Crippen LogP) is 2.78. The molecule has 0 unspecified atom stereocenters. The zero-order valence-corrected chi connectivity index (χ0v) is 7.39. The highest BCUT2D eigenvalue weighted by Gasteiger charge is 2.32. The fourth-order valence-electron chi connectivity index (χ4n) is 0.921. The highest BCUT2D eigenvalue weighted by atomic mass is 19.4. The van der Waals surface area contributed by atoms with E-state index in [-0.39, 0.29) is 11.5 Å². The Labute approximate surface area is 79.2 Å². The zero-order valence-electron chi connectivity index (χ0n) is 7.39. The Bertz CT molecular complexity index is 320. The van der Waals surface area contributed by atoms with Gasteiger partial charge in [0.25, 0.3) is 0 Å². The maximum absolute atomic E-state index is 11.9. The third-order valence-corrected chi connectivity index (χ3v) is 1.45. The maximum Gasteiger partial charge on any atom is 0.573 e. The number of alkyl halides is 3. The molecule has 1 aromatic carbocycles. The number of halogens is 3. The first-order valence-electron chi connectivity index (χ1n) is 3.68. The lowest BCUT2D eigenvalue weighted by molar-refractivity contribution is -0.275. The van der Waals surface area contributed by atoms with Gasteiger partial charge in [-0.05, 0) is 24.6 Å². The summed E-state index contributed by atoms with van der Waals surface area (Å²) in [6.45, 7) is 3.55. The molecule has 14 heavy (non-hydrogen) atoms.